The largest absolute Gasteiger partial charge is 0.461 e. The van der Waals surface area contributed by atoms with Gasteiger partial charge in [-0.1, -0.05) is 48.5 Å². The molecule has 0 bridgehead atoms. The summed E-state index contributed by atoms with van der Waals surface area (Å²) in [4.78, 5) is 27.9. The molecule has 0 aliphatic rings. The first-order valence-corrected chi connectivity index (χ1v) is 10.1. The number of rotatable bonds is 11. The smallest absolute Gasteiger partial charge is 0.307 e. The van der Waals surface area contributed by atoms with Gasteiger partial charge in [-0.3, -0.25) is 9.59 Å². The Morgan fingerprint density at radius 2 is 1.03 bits per heavy atom. The number of ether oxygens (including phenoxy) is 2. The lowest BCUT2D eigenvalue weighted by Crippen LogP contribution is -2.18. The van der Waals surface area contributed by atoms with Crippen molar-refractivity contribution >= 4 is 11.9 Å². The number of hydrogen-bond donors (Lipinski definition) is 0. The molecule has 0 aromatic heterocycles. The minimum Gasteiger partial charge on any atom is -0.461 e. The van der Waals surface area contributed by atoms with Crippen molar-refractivity contribution in [1.29, 1.82) is 0 Å². The molecule has 0 amide bonds. The SMILES string of the molecule is CN(C)CCC(=O)OCc1ccccc1-c1ccccc1COC(=O)CCN(C)C. The Hall–Kier alpha value is -2.70. The fourth-order valence-corrected chi connectivity index (χ4v) is 2.91. The summed E-state index contributed by atoms with van der Waals surface area (Å²) in [6.45, 7) is 1.73. The molecule has 6 heteroatoms. The predicted molar refractivity (Wildman–Crippen MR) is 118 cm³/mol. The van der Waals surface area contributed by atoms with Crippen LogP contribution in [0.25, 0.3) is 11.1 Å². The highest BCUT2D eigenvalue weighted by atomic mass is 16.5. The second-order valence-corrected chi connectivity index (χ2v) is 7.74. The third kappa shape index (κ3) is 7.97. The molecule has 2 rings (SSSR count). The molecule has 162 valence electrons. The third-order valence-electron chi connectivity index (χ3n) is 4.63. The van der Waals surface area contributed by atoms with Crippen molar-refractivity contribution in [3.63, 3.8) is 0 Å². The van der Waals surface area contributed by atoms with Crippen LogP contribution in [0.3, 0.4) is 0 Å². The minimum atomic E-state index is -0.221. The van der Waals surface area contributed by atoms with E-state index in [4.69, 9.17) is 9.47 Å². The lowest BCUT2D eigenvalue weighted by molar-refractivity contribution is -0.146. The van der Waals surface area contributed by atoms with Gasteiger partial charge in [0.1, 0.15) is 13.2 Å². The number of nitrogens with zero attached hydrogens (tertiary/aromatic N) is 2. The first-order valence-electron chi connectivity index (χ1n) is 10.1. The van der Waals surface area contributed by atoms with Gasteiger partial charge in [-0.2, -0.15) is 0 Å². The van der Waals surface area contributed by atoms with Crippen molar-refractivity contribution in [2.45, 2.75) is 26.1 Å². The Labute approximate surface area is 179 Å². The molecule has 0 aliphatic carbocycles. The van der Waals surface area contributed by atoms with Gasteiger partial charge in [0.15, 0.2) is 0 Å². The summed E-state index contributed by atoms with van der Waals surface area (Å²) in [5.41, 5.74) is 3.78. The highest BCUT2D eigenvalue weighted by Gasteiger charge is 2.13. The van der Waals surface area contributed by atoms with Crippen LogP contribution in [0.5, 0.6) is 0 Å². The topological polar surface area (TPSA) is 59.1 Å². The standard InChI is InChI=1S/C24H32N2O4/c1-25(2)15-13-23(27)29-17-19-9-5-7-11-21(19)22-12-8-6-10-20(22)18-30-24(28)14-16-26(3)4/h5-12H,13-18H2,1-4H3. The minimum absolute atomic E-state index is 0.208. The van der Waals surface area contributed by atoms with Crippen molar-refractivity contribution in [2.75, 3.05) is 41.3 Å². The second-order valence-electron chi connectivity index (χ2n) is 7.74. The van der Waals surface area contributed by atoms with Crippen LogP contribution < -0.4 is 0 Å². The molecule has 0 N–H and O–H groups in total. The highest BCUT2D eigenvalue weighted by Crippen LogP contribution is 2.28. The van der Waals surface area contributed by atoms with Gasteiger partial charge in [-0.15, -0.1) is 0 Å². The van der Waals surface area contributed by atoms with E-state index < -0.39 is 0 Å². The van der Waals surface area contributed by atoms with Gasteiger partial charge >= 0.3 is 11.9 Å². The van der Waals surface area contributed by atoms with E-state index in [0.717, 1.165) is 22.3 Å². The first kappa shape index (κ1) is 23.6. The lowest BCUT2D eigenvalue weighted by atomic mass is 9.96. The maximum Gasteiger partial charge on any atom is 0.307 e. The van der Waals surface area contributed by atoms with Gasteiger partial charge < -0.3 is 19.3 Å². The number of hydrogen-bond acceptors (Lipinski definition) is 6. The zero-order chi connectivity index (χ0) is 21.9. The van der Waals surface area contributed by atoms with Gasteiger partial charge in [0.25, 0.3) is 0 Å². The molecule has 0 unspecified atom stereocenters. The van der Waals surface area contributed by atoms with Gasteiger partial charge in [-0.05, 0) is 50.4 Å². The fourth-order valence-electron chi connectivity index (χ4n) is 2.91. The molecule has 0 saturated heterocycles. The summed E-state index contributed by atoms with van der Waals surface area (Å²) in [6.07, 6.45) is 0.712. The van der Waals surface area contributed by atoms with Crippen LogP contribution in [0.15, 0.2) is 48.5 Å². The summed E-state index contributed by atoms with van der Waals surface area (Å²) < 4.78 is 11.0. The molecule has 30 heavy (non-hydrogen) atoms. The van der Waals surface area contributed by atoms with E-state index in [1.54, 1.807) is 0 Å². The summed E-state index contributed by atoms with van der Waals surface area (Å²) in [5.74, 6) is -0.441. The Morgan fingerprint density at radius 3 is 1.40 bits per heavy atom. The summed E-state index contributed by atoms with van der Waals surface area (Å²) in [5, 5.41) is 0. The molecule has 2 aromatic carbocycles. The molecule has 0 radical (unpaired) electrons. The lowest BCUT2D eigenvalue weighted by Gasteiger charge is -2.15. The molecule has 6 nitrogen and oxygen atoms in total. The molecular formula is C24H32N2O4. The predicted octanol–water partition coefficient (Wildman–Crippen LogP) is 3.34. The average Bonchev–Trinajstić information content (AvgIpc) is 2.73. The Morgan fingerprint density at radius 1 is 0.667 bits per heavy atom. The van der Waals surface area contributed by atoms with Gasteiger partial charge in [-0.25, -0.2) is 0 Å². The van der Waals surface area contributed by atoms with Crippen LogP contribution in [0.4, 0.5) is 0 Å². The van der Waals surface area contributed by atoms with E-state index in [2.05, 4.69) is 0 Å². The van der Waals surface area contributed by atoms with Crippen molar-refractivity contribution in [3.8, 4) is 11.1 Å². The maximum absolute atomic E-state index is 12.0. The van der Waals surface area contributed by atoms with Gasteiger partial charge in [0.05, 0.1) is 12.8 Å². The Balaban J connectivity index is 2.09. The van der Waals surface area contributed by atoms with E-state index in [1.807, 2.05) is 86.5 Å². The van der Waals surface area contributed by atoms with E-state index in [9.17, 15) is 9.59 Å². The molecule has 0 heterocycles. The molecule has 0 atom stereocenters. The normalized spacial score (nSPS) is 11.0. The number of esters is 2. The second kappa shape index (κ2) is 12.1. The first-order chi connectivity index (χ1) is 14.4. The van der Waals surface area contributed by atoms with Crippen molar-refractivity contribution in [1.82, 2.24) is 9.80 Å². The summed E-state index contributed by atoms with van der Waals surface area (Å²) >= 11 is 0. The average molecular weight is 413 g/mol. The van der Waals surface area contributed by atoms with E-state index in [-0.39, 0.29) is 25.2 Å². The van der Waals surface area contributed by atoms with Crippen LogP contribution in [-0.4, -0.2) is 63.0 Å². The van der Waals surface area contributed by atoms with Crippen molar-refractivity contribution in [2.24, 2.45) is 0 Å². The van der Waals surface area contributed by atoms with Crippen LogP contribution in [0, 0.1) is 0 Å². The zero-order valence-electron chi connectivity index (χ0n) is 18.4. The fraction of sp³-hybridized carbons (Fsp3) is 0.417. The zero-order valence-corrected chi connectivity index (χ0v) is 18.4. The molecule has 0 saturated carbocycles. The van der Waals surface area contributed by atoms with E-state index in [0.29, 0.717) is 25.9 Å². The Bertz CT molecular complexity index is 764. The van der Waals surface area contributed by atoms with E-state index in [1.165, 1.54) is 0 Å². The van der Waals surface area contributed by atoms with E-state index >= 15 is 0 Å². The van der Waals surface area contributed by atoms with Crippen LogP contribution >= 0.6 is 0 Å². The maximum atomic E-state index is 12.0. The molecular weight excluding hydrogens is 380 g/mol. The van der Waals surface area contributed by atoms with Crippen LogP contribution in [0.1, 0.15) is 24.0 Å². The highest BCUT2D eigenvalue weighted by molar-refractivity contribution is 5.73. The van der Waals surface area contributed by atoms with Crippen molar-refractivity contribution < 1.29 is 19.1 Å². The molecule has 0 fully saturated rings. The third-order valence-corrected chi connectivity index (χ3v) is 4.63. The van der Waals surface area contributed by atoms with Crippen LogP contribution in [0.2, 0.25) is 0 Å². The van der Waals surface area contributed by atoms with Crippen molar-refractivity contribution in [3.05, 3.63) is 59.7 Å². The van der Waals surface area contributed by atoms with Gasteiger partial charge in [0.2, 0.25) is 0 Å². The Kier molecular flexibility index (Phi) is 9.51. The molecule has 2 aromatic rings. The molecule has 0 aliphatic heterocycles. The van der Waals surface area contributed by atoms with Gasteiger partial charge in [0, 0.05) is 13.1 Å². The monoisotopic (exact) mass is 412 g/mol. The summed E-state index contributed by atoms with van der Waals surface area (Å²) in [7, 11) is 7.69. The van der Waals surface area contributed by atoms with Crippen LogP contribution in [-0.2, 0) is 32.3 Å². The molecule has 0 spiro atoms. The quantitative estimate of drug-likeness (QED) is 0.528. The number of carbonyl (C=O) groups is 2. The number of carbonyl (C=O) groups excluding carboxylic acids is 2. The number of benzene rings is 2. The summed E-state index contributed by atoms with van der Waals surface area (Å²) in [6, 6.07) is 15.7.